The topological polar surface area (TPSA) is 57.5 Å². The van der Waals surface area contributed by atoms with Gasteiger partial charge in [0.25, 0.3) is 0 Å². The van der Waals surface area contributed by atoms with Crippen LogP contribution >= 0.6 is 0 Å². The highest BCUT2D eigenvalue weighted by Gasteiger charge is 2.36. The zero-order valence-electron chi connectivity index (χ0n) is 10.4. The van der Waals surface area contributed by atoms with E-state index in [4.69, 9.17) is 5.11 Å². The molecular weight excluding hydrogens is 194 g/mol. The Balaban J connectivity index is 4.61. The maximum atomic E-state index is 10.7. The zero-order valence-corrected chi connectivity index (χ0v) is 10.4. The fourth-order valence-corrected chi connectivity index (χ4v) is 2.12. The van der Waals surface area contributed by atoms with E-state index >= 15 is 0 Å². The second-order valence-electron chi connectivity index (χ2n) is 5.84. The van der Waals surface area contributed by atoms with Crippen molar-refractivity contribution in [3.63, 3.8) is 0 Å². The lowest BCUT2D eigenvalue weighted by molar-refractivity contribution is -0.877. The van der Waals surface area contributed by atoms with Crippen molar-refractivity contribution < 1.29 is 19.5 Å². The molecule has 0 aromatic carbocycles. The zero-order chi connectivity index (χ0) is 12.3. The lowest BCUT2D eigenvalue weighted by Crippen LogP contribution is -2.50. The molecule has 1 atom stereocenters. The maximum Gasteiger partial charge on any atom is 0.306 e. The first kappa shape index (κ1) is 14.4. The molecule has 0 aromatic rings. The van der Waals surface area contributed by atoms with E-state index in [0.29, 0.717) is 23.4 Å². The summed E-state index contributed by atoms with van der Waals surface area (Å²) >= 11 is 0. The van der Waals surface area contributed by atoms with Crippen molar-refractivity contribution in [2.45, 2.75) is 32.3 Å². The van der Waals surface area contributed by atoms with Crippen molar-refractivity contribution in [3.8, 4) is 0 Å². The summed E-state index contributed by atoms with van der Waals surface area (Å²) in [6.45, 7) is 4.43. The summed E-state index contributed by atoms with van der Waals surface area (Å²) in [7, 11) is 5.85. The Morgan fingerprint density at radius 2 is 1.80 bits per heavy atom. The number of likely N-dealkylation sites (N-methyl/N-ethyl adjacent to an activating group) is 1. The molecule has 0 fully saturated rings. The lowest BCUT2D eigenvalue weighted by atomic mass is 9.88. The molecule has 0 aliphatic carbocycles. The summed E-state index contributed by atoms with van der Waals surface area (Å²) in [5.41, 5.74) is -1.10. The predicted octanol–water partition coefficient (Wildman–Crippen LogP) is 0.944. The van der Waals surface area contributed by atoms with Crippen LogP contribution < -0.4 is 0 Å². The van der Waals surface area contributed by atoms with Crippen molar-refractivity contribution in [1.29, 1.82) is 0 Å². The normalized spacial score (nSPS) is 16.5. The Kier molecular flexibility index (Phi) is 4.74. The molecule has 4 heteroatoms. The Hall–Kier alpha value is -0.610. The van der Waals surface area contributed by atoms with Gasteiger partial charge in [0.2, 0.25) is 0 Å². The van der Waals surface area contributed by atoms with Gasteiger partial charge in [-0.15, -0.1) is 0 Å². The first-order valence-corrected chi connectivity index (χ1v) is 5.29. The average molecular weight is 218 g/mol. The minimum Gasteiger partial charge on any atom is -0.481 e. The molecule has 0 amide bonds. The Morgan fingerprint density at radius 3 is 2.07 bits per heavy atom. The molecular formula is C11H24NO3+. The molecule has 0 rings (SSSR count). The number of hydrogen-bond acceptors (Lipinski definition) is 2. The van der Waals surface area contributed by atoms with Crippen LogP contribution in [0.25, 0.3) is 0 Å². The van der Waals surface area contributed by atoms with Crippen LogP contribution in [0.4, 0.5) is 0 Å². The molecule has 0 radical (unpaired) electrons. The molecule has 0 saturated carbocycles. The maximum absolute atomic E-state index is 10.7. The highest BCUT2D eigenvalue weighted by Crippen LogP contribution is 2.23. The standard InChI is InChI=1S/C11H23NO3/c1-9(2)6-11(15,7-10(13)14)8-12(3,4)5/h9,15H,6-8H2,1-5H3/p+1. The number of quaternary nitrogens is 1. The minimum atomic E-state index is -1.10. The number of carboxylic acids is 1. The van der Waals surface area contributed by atoms with E-state index in [2.05, 4.69) is 0 Å². The highest BCUT2D eigenvalue weighted by atomic mass is 16.4. The molecule has 0 bridgehead atoms. The van der Waals surface area contributed by atoms with Gasteiger partial charge in [-0.05, 0) is 12.3 Å². The molecule has 4 nitrogen and oxygen atoms in total. The molecule has 0 aliphatic heterocycles. The summed E-state index contributed by atoms with van der Waals surface area (Å²) in [5.74, 6) is -0.646. The van der Waals surface area contributed by atoms with Gasteiger partial charge in [0.05, 0.1) is 27.6 Å². The fraction of sp³-hybridized carbons (Fsp3) is 0.909. The van der Waals surface area contributed by atoms with Crippen molar-refractivity contribution in [1.82, 2.24) is 0 Å². The number of carboxylic acid groups (broad SMARTS) is 1. The molecule has 1 unspecified atom stereocenters. The fourth-order valence-electron chi connectivity index (χ4n) is 2.12. The third-order valence-corrected chi connectivity index (χ3v) is 2.04. The van der Waals surface area contributed by atoms with Crippen LogP contribution in [0.3, 0.4) is 0 Å². The Labute approximate surface area is 92.1 Å². The van der Waals surface area contributed by atoms with E-state index in [1.165, 1.54) is 0 Å². The van der Waals surface area contributed by atoms with Crippen molar-refractivity contribution in [2.75, 3.05) is 27.7 Å². The van der Waals surface area contributed by atoms with E-state index in [9.17, 15) is 9.90 Å². The van der Waals surface area contributed by atoms with E-state index in [0.717, 1.165) is 0 Å². The number of aliphatic carboxylic acids is 1. The van der Waals surface area contributed by atoms with Crippen LogP contribution in [0, 0.1) is 5.92 Å². The SMILES string of the molecule is CC(C)CC(O)(CC(=O)O)C[N+](C)(C)C. The number of carbonyl (C=O) groups is 1. The van der Waals surface area contributed by atoms with Gasteiger partial charge >= 0.3 is 5.97 Å². The number of rotatable bonds is 6. The molecule has 2 N–H and O–H groups in total. The van der Waals surface area contributed by atoms with E-state index in [1.807, 2.05) is 35.0 Å². The predicted molar refractivity (Wildman–Crippen MR) is 59.6 cm³/mol. The first-order chi connectivity index (χ1) is 6.54. The van der Waals surface area contributed by atoms with Crippen LogP contribution in [0.1, 0.15) is 26.7 Å². The number of nitrogens with zero attached hydrogens (tertiary/aromatic N) is 1. The number of aliphatic hydroxyl groups is 1. The summed E-state index contributed by atoms with van der Waals surface area (Å²) in [5, 5.41) is 19.1. The van der Waals surface area contributed by atoms with Crippen LogP contribution in [0.5, 0.6) is 0 Å². The second kappa shape index (κ2) is 4.94. The van der Waals surface area contributed by atoms with E-state index in [1.54, 1.807) is 0 Å². The third kappa shape index (κ3) is 7.33. The quantitative estimate of drug-likeness (QED) is 0.652. The largest absolute Gasteiger partial charge is 0.481 e. The van der Waals surface area contributed by atoms with Gasteiger partial charge in [0.1, 0.15) is 12.1 Å². The Morgan fingerprint density at radius 1 is 1.33 bits per heavy atom. The van der Waals surface area contributed by atoms with E-state index < -0.39 is 11.6 Å². The van der Waals surface area contributed by atoms with Gasteiger partial charge in [-0.3, -0.25) is 4.79 Å². The third-order valence-electron chi connectivity index (χ3n) is 2.04. The molecule has 0 saturated heterocycles. The van der Waals surface area contributed by atoms with Crippen molar-refractivity contribution in [3.05, 3.63) is 0 Å². The van der Waals surface area contributed by atoms with Gasteiger partial charge < -0.3 is 14.7 Å². The minimum absolute atomic E-state index is 0.180. The van der Waals surface area contributed by atoms with Gasteiger partial charge in [0.15, 0.2) is 0 Å². The van der Waals surface area contributed by atoms with Gasteiger partial charge in [-0.25, -0.2) is 0 Å². The van der Waals surface area contributed by atoms with Gasteiger partial charge in [0, 0.05) is 0 Å². The number of hydrogen-bond donors (Lipinski definition) is 2. The summed E-state index contributed by atoms with van der Waals surface area (Å²) in [6, 6.07) is 0. The van der Waals surface area contributed by atoms with Crippen molar-refractivity contribution in [2.24, 2.45) is 5.92 Å². The molecule has 90 valence electrons. The van der Waals surface area contributed by atoms with Crippen LogP contribution in [0.15, 0.2) is 0 Å². The molecule has 15 heavy (non-hydrogen) atoms. The second-order valence-corrected chi connectivity index (χ2v) is 5.84. The Bertz CT molecular complexity index is 220. The van der Waals surface area contributed by atoms with Crippen molar-refractivity contribution >= 4 is 5.97 Å². The molecule has 0 heterocycles. The molecule has 0 aliphatic rings. The smallest absolute Gasteiger partial charge is 0.306 e. The summed E-state index contributed by atoms with van der Waals surface area (Å²) in [6.07, 6.45) is 0.343. The van der Waals surface area contributed by atoms with Gasteiger partial charge in [-0.2, -0.15) is 0 Å². The van der Waals surface area contributed by atoms with Crippen LogP contribution in [-0.4, -0.2) is 54.0 Å². The van der Waals surface area contributed by atoms with E-state index in [-0.39, 0.29) is 6.42 Å². The summed E-state index contributed by atoms with van der Waals surface area (Å²) < 4.78 is 0.566. The molecule has 0 spiro atoms. The highest BCUT2D eigenvalue weighted by molar-refractivity contribution is 5.68. The summed E-state index contributed by atoms with van der Waals surface area (Å²) in [4.78, 5) is 10.7. The van der Waals surface area contributed by atoms with Crippen LogP contribution in [-0.2, 0) is 4.79 Å². The van der Waals surface area contributed by atoms with Crippen LogP contribution in [0.2, 0.25) is 0 Å². The molecule has 0 aromatic heterocycles. The lowest BCUT2D eigenvalue weighted by Gasteiger charge is -2.35. The monoisotopic (exact) mass is 218 g/mol. The first-order valence-electron chi connectivity index (χ1n) is 5.29. The average Bonchev–Trinajstić information content (AvgIpc) is 1.73. The van der Waals surface area contributed by atoms with Gasteiger partial charge in [-0.1, -0.05) is 13.8 Å².